The highest BCUT2D eigenvalue weighted by molar-refractivity contribution is 4.89. The summed E-state index contributed by atoms with van der Waals surface area (Å²) >= 11 is 0. The fourth-order valence-corrected chi connectivity index (χ4v) is 1.20. The molecule has 0 aromatic heterocycles. The van der Waals surface area contributed by atoms with E-state index in [1.165, 1.54) is 0 Å². The van der Waals surface area contributed by atoms with Gasteiger partial charge in [0.25, 0.3) is 0 Å². The average molecular weight is 205 g/mol. The van der Waals surface area contributed by atoms with Crippen LogP contribution in [0.2, 0.25) is 0 Å². The monoisotopic (exact) mass is 205 g/mol. The number of aliphatic hydroxyl groups excluding tert-OH is 4. The van der Waals surface area contributed by atoms with Crippen molar-refractivity contribution < 1.29 is 25.2 Å². The van der Waals surface area contributed by atoms with E-state index >= 15 is 0 Å². The maximum atomic E-state index is 9.32. The van der Waals surface area contributed by atoms with E-state index < -0.39 is 30.7 Å². The van der Waals surface area contributed by atoms with Gasteiger partial charge in [-0.1, -0.05) is 5.11 Å². The van der Waals surface area contributed by atoms with Gasteiger partial charge in [-0.05, 0) is 5.53 Å². The van der Waals surface area contributed by atoms with E-state index in [1.807, 2.05) is 0 Å². The lowest BCUT2D eigenvalue weighted by Gasteiger charge is -2.37. The Bertz CT molecular complexity index is 244. The number of azide groups is 1. The zero-order valence-corrected chi connectivity index (χ0v) is 7.13. The Morgan fingerprint density at radius 3 is 2.36 bits per heavy atom. The highest BCUT2D eigenvalue weighted by Crippen LogP contribution is 2.19. The third-order valence-electron chi connectivity index (χ3n) is 2.01. The largest absolute Gasteiger partial charge is 0.388 e. The van der Waals surface area contributed by atoms with Gasteiger partial charge in [-0.2, -0.15) is 0 Å². The molecule has 4 N–H and O–H groups in total. The lowest BCUT2D eigenvalue weighted by Crippen LogP contribution is -2.58. The molecule has 5 atom stereocenters. The fraction of sp³-hybridized carbons (Fsp3) is 1.00. The second-order valence-electron chi connectivity index (χ2n) is 2.95. The van der Waals surface area contributed by atoms with Crippen molar-refractivity contribution in [1.29, 1.82) is 0 Å². The molecule has 1 aliphatic rings. The normalized spacial score (nSPS) is 43.0. The molecule has 0 aromatic rings. The number of hydrogen-bond donors (Lipinski definition) is 4. The van der Waals surface area contributed by atoms with E-state index in [0.29, 0.717) is 0 Å². The summed E-state index contributed by atoms with van der Waals surface area (Å²) in [7, 11) is 0. The number of ether oxygens (including phenoxy) is 1. The van der Waals surface area contributed by atoms with E-state index in [0.717, 1.165) is 0 Å². The number of hydrogen-bond acceptors (Lipinski definition) is 6. The van der Waals surface area contributed by atoms with Gasteiger partial charge in [0.15, 0.2) is 6.29 Å². The molecule has 0 radical (unpaired) electrons. The smallest absolute Gasteiger partial charge is 0.183 e. The van der Waals surface area contributed by atoms with Crippen LogP contribution in [0.25, 0.3) is 10.4 Å². The SMILES string of the molecule is [N-]=[N+]=NC[C@@H]1OC(O)[C@H](O)[C@@H](O)[C@@H]1O. The summed E-state index contributed by atoms with van der Waals surface area (Å²) in [6.07, 6.45) is -7.07. The Balaban J connectivity index is 2.64. The summed E-state index contributed by atoms with van der Waals surface area (Å²) in [5.74, 6) is 0. The molecule has 0 amide bonds. The Hall–Kier alpha value is -0.890. The van der Waals surface area contributed by atoms with E-state index in [1.54, 1.807) is 0 Å². The molecule has 14 heavy (non-hydrogen) atoms. The van der Waals surface area contributed by atoms with Gasteiger partial charge in [0, 0.05) is 4.91 Å². The van der Waals surface area contributed by atoms with Gasteiger partial charge < -0.3 is 25.2 Å². The van der Waals surface area contributed by atoms with Crippen molar-refractivity contribution in [1.82, 2.24) is 0 Å². The van der Waals surface area contributed by atoms with E-state index in [2.05, 4.69) is 10.0 Å². The quantitative estimate of drug-likeness (QED) is 0.237. The molecule has 0 aliphatic carbocycles. The number of nitrogens with zero attached hydrogens (tertiary/aromatic N) is 3. The topological polar surface area (TPSA) is 139 Å². The zero-order chi connectivity index (χ0) is 10.7. The minimum Gasteiger partial charge on any atom is -0.388 e. The van der Waals surface area contributed by atoms with Crippen LogP contribution in [0.4, 0.5) is 0 Å². The van der Waals surface area contributed by atoms with E-state index in [-0.39, 0.29) is 6.54 Å². The van der Waals surface area contributed by atoms with Crippen LogP contribution in [0.3, 0.4) is 0 Å². The molecule has 0 bridgehead atoms. The molecule has 8 heteroatoms. The van der Waals surface area contributed by atoms with E-state index in [4.69, 9.17) is 20.5 Å². The molecular weight excluding hydrogens is 194 g/mol. The number of rotatable bonds is 2. The highest BCUT2D eigenvalue weighted by Gasteiger charge is 2.42. The maximum absolute atomic E-state index is 9.32. The first-order valence-corrected chi connectivity index (χ1v) is 3.96. The Kier molecular flexibility index (Phi) is 3.64. The van der Waals surface area contributed by atoms with Gasteiger partial charge in [0.1, 0.15) is 18.3 Å². The fourth-order valence-electron chi connectivity index (χ4n) is 1.20. The first-order chi connectivity index (χ1) is 6.57. The van der Waals surface area contributed by atoms with Crippen molar-refractivity contribution in [2.24, 2.45) is 5.11 Å². The summed E-state index contributed by atoms with van der Waals surface area (Å²) in [4.78, 5) is 2.44. The van der Waals surface area contributed by atoms with Crippen LogP contribution < -0.4 is 0 Å². The van der Waals surface area contributed by atoms with Crippen molar-refractivity contribution in [3.63, 3.8) is 0 Å². The van der Waals surface area contributed by atoms with Crippen molar-refractivity contribution in [3.05, 3.63) is 10.4 Å². The number of aliphatic hydroxyl groups is 4. The minimum atomic E-state index is -1.59. The van der Waals surface area contributed by atoms with Gasteiger partial charge in [-0.15, -0.1) is 0 Å². The van der Waals surface area contributed by atoms with Crippen molar-refractivity contribution >= 4 is 0 Å². The lowest BCUT2D eigenvalue weighted by molar-refractivity contribution is -0.279. The van der Waals surface area contributed by atoms with Crippen molar-refractivity contribution in [2.45, 2.75) is 30.7 Å². The standard InChI is InChI=1S/C6H11N3O5/c7-9-8-1-2-3(10)4(11)5(12)6(13)14-2/h2-6,10-13H,1H2/t2-,3+,4-,5+,6?/m0/s1. The predicted octanol–water partition coefficient (Wildman–Crippen LogP) is -1.90. The van der Waals surface area contributed by atoms with Crippen molar-refractivity contribution in [3.8, 4) is 0 Å². The van der Waals surface area contributed by atoms with Crippen LogP contribution in [-0.2, 0) is 4.74 Å². The molecule has 1 rings (SSSR count). The molecule has 0 saturated carbocycles. The Labute approximate surface area is 79.0 Å². The summed E-state index contributed by atoms with van der Waals surface area (Å²) in [6, 6.07) is 0. The molecule has 1 heterocycles. The van der Waals surface area contributed by atoms with Crippen LogP contribution >= 0.6 is 0 Å². The molecule has 80 valence electrons. The summed E-state index contributed by atoms with van der Waals surface area (Å²) in [6.45, 7) is -0.224. The highest BCUT2D eigenvalue weighted by atomic mass is 16.6. The molecule has 0 spiro atoms. The van der Waals surface area contributed by atoms with Gasteiger partial charge >= 0.3 is 0 Å². The maximum Gasteiger partial charge on any atom is 0.183 e. The summed E-state index contributed by atoms with van der Waals surface area (Å²) in [5.41, 5.74) is 8.01. The van der Waals surface area contributed by atoms with Gasteiger partial charge in [-0.25, -0.2) is 0 Å². The second-order valence-corrected chi connectivity index (χ2v) is 2.95. The Morgan fingerprint density at radius 1 is 1.14 bits per heavy atom. The zero-order valence-electron chi connectivity index (χ0n) is 7.13. The minimum absolute atomic E-state index is 0.224. The molecule has 1 saturated heterocycles. The van der Waals surface area contributed by atoms with Gasteiger partial charge in [0.2, 0.25) is 0 Å². The summed E-state index contributed by atoms with van der Waals surface area (Å²) < 4.78 is 4.71. The van der Waals surface area contributed by atoms with Crippen LogP contribution in [0, 0.1) is 0 Å². The third kappa shape index (κ3) is 2.13. The first-order valence-electron chi connectivity index (χ1n) is 3.96. The second kappa shape index (κ2) is 4.56. The first kappa shape index (κ1) is 11.2. The molecule has 1 unspecified atom stereocenters. The molecule has 1 fully saturated rings. The predicted molar refractivity (Wildman–Crippen MR) is 42.9 cm³/mol. The van der Waals surface area contributed by atoms with Crippen LogP contribution in [0.15, 0.2) is 5.11 Å². The average Bonchev–Trinajstić information content (AvgIpc) is 2.18. The molecular formula is C6H11N3O5. The van der Waals surface area contributed by atoms with Crippen LogP contribution in [-0.4, -0.2) is 57.7 Å². The molecule has 0 aromatic carbocycles. The summed E-state index contributed by atoms with van der Waals surface area (Å²) in [5, 5.41) is 39.8. The molecule has 1 aliphatic heterocycles. The molecule has 8 nitrogen and oxygen atoms in total. The van der Waals surface area contributed by atoms with Gasteiger partial charge in [0.05, 0.1) is 12.6 Å². The lowest BCUT2D eigenvalue weighted by atomic mass is 9.99. The van der Waals surface area contributed by atoms with Crippen LogP contribution in [0.1, 0.15) is 0 Å². The van der Waals surface area contributed by atoms with Crippen LogP contribution in [0.5, 0.6) is 0 Å². The van der Waals surface area contributed by atoms with Crippen molar-refractivity contribution in [2.75, 3.05) is 6.54 Å². The van der Waals surface area contributed by atoms with Gasteiger partial charge in [-0.3, -0.25) is 0 Å². The van der Waals surface area contributed by atoms with E-state index in [9.17, 15) is 10.2 Å². The Morgan fingerprint density at radius 2 is 1.79 bits per heavy atom. The third-order valence-corrected chi connectivity index (χ3v) is 2.01.